The van der Waals surface area contributed by atoms with E-state index in [1.54, 1.807) is 0 Å². The highest BCUT2D eigenvalue weighted by molar-refractivity contribution is 5.38. The molecule has 0 unspecified atom stereocenters. The van der Waals surface area contributed by atoms with Crippen LogP contribution in [0.4, 0.5) is 13.2 Å². The SMILES string of the molecule is CCCCCCCCCCCCCCCCOc1nn(-c2cccc(OC(F)(F)F)c2)c(=O)o1. The monoisotopic (exact) mass is 486 g/mol. The average Bonchev–Trinajstić information content (AvgIpc) is 3.16. The molecule has 9 heteroatoms. The summed E-state index contributed by atoms with van der Waals surface area (Å²) in [6, 6.07) is 4.93. The van der Waals surface area contributed by atoms with Crippen LogP contribution in [-0.4, -0.2) is 22.7 Å². The van der Waals surface area contributed by atoms with Gasteiger partial charge >= 0.3 is 18.2 Å². The van der Waals surface area contributed by atoms with E-state index in [2.05, 4.69) is 16.8 Å². The molecule has 6 nitrogen and oxygen atoms in total. The van der Waals surface area contributed by atoms with E-state index in [4.69, 9.17) is 9.15 Å². The lowest BCUT2D eigenvalue weighted by molar-refractivity contribution is -0.274. The first-order valence-electron chi connectivity index (χ1n) is 12.5. The lowest BCUT2D eigenvalue weighted by Gasteiger charge is -2.09. The van der Waals surface area contributed by atoms with Crippen molar-refractivity contribution < 1.29 is 27.1 Å². The third kappa shape index (κ3) is 11.6. The van der Waals surface area contributed by atoms with Crippen molar-refractivity contribution in [2.75, 3.05) is 6.61 Å². The molecule has 0 aliphatic rings. The molecular weight excluding hydrogens is 449 g/mol. The zero-order valence-corrected chi connectivity index (χ0v) is 20.1. The first kappa shape index (κ1) is 27.8. The first-order valence-corrected chi connectivity index (χ1v) is 12.5. The number of nitrogens with zero attached hydrogens (tertiary/aromatic N) is 2. The molecule has 0 bridgehead atoms. The Morgan fingerprint density at radius 2 is 1.44 bits per heavy atom. The third-order valence-corrected chi connectivity index (χ3v) is 5.55. The smallest absolute Gasteiger partial charge is 0.449 e. The Morgan fingerprint density at radius 1 is 0.882 bits per heavy atom. The van der Waals surface area contributed by atoms with Crippen molar-refractivity contribution in [3.63, 3.8) is 0 Å². The number of unbranched alkanes of at least 4 members (excludes halogenated alkanes) is 13. The molecule has 1 aromatic carbocycles. The summed E-state index contributed by atoms with van der Waals surface area (Å²) in [7, 11) is 0. The summed E-state index contributed by atoms with van der Waals surface area (Å²) in [4.78, 5) is 12.0. The van der Waals surface area contributed by atoms with Crippen molar-refractivity contribution in [2.45, 2.75) is 103 Å². The van der Waals surface area contributed by atoms with Gasteiger partial charge in [-0.1, -0.05) is 102 Å². The van der Waals surface area contributed by atoms with Gasteiger partial charge in [0.15, 0.2) is 0 Å². The molecule has 1 heterocycles. The fourth-order valence-electron chi connectivity index (χ4n) is 3.75. The number of benzene rings is 1. The van der Waals surface area contributed by atoms with Gasteiger partial charge in [0, 0.05) is 6.07 Å². The Kier molecular flexibility index (Phi) is 12.6. The molecule has 0 saturated heterocycles. The number of alkyl halides is 3. The first-order chi connectivity index (χ1) is 16.4. The van der Waals surface area contributed by atoms with Crippen LogP contribution in [0.25, 0.3) is 5.69 Å². The van der Waals surface area contributed by atoms with Crippen LogP contribution in [0.2, 0.25) is 0 Å². The molecule has 0 radical (unpaired) electrons. The number of hydrogen-bond acceptors (Lipinski definition) is 5. The van der Waals surface area contributed by atoms with E-state index >= 15 is 0 Å². The van der Waals surface area contributed by atoms with Crippen LogP contribution in [0.1, 0.15) is 96.8 Å². The maximum absolute atomic E-state index is 12.4. The second-order valence-corrected chi connectivity index (χ2v) is 8.54. The van der Waals surface area contributed by atoms with Gasteiger partial charge in [0.05, 0.1) is 12.3 Å². The van der Waals surface area contributed by atoms with Crippen LogP contribution in [0.15, 0.2) is 33.5 Å². The molecule has 2 rings (SSSR count). The predicted octanol–water partition coefficient (Wildman–Crippen LogP) is 7.58. The highest BCUT2D eigenvalue weighted by Crippen LogP contribution is 2.24. The molecule has 0 fully saturated rings. The molecule has 0 aliphatic carbocycles. The quantitative estimate of drug-likeness (QED) is 0.203. The summed E-state index contributed by atoms with van der Waals surface area (Å²) in [5.74, 6) is -1.30. The summed E-state index contributed by atoms with van der Waals surface area (Å²) in [6.07, 6.45) is 12.5. The van der Waals surface area contributed by atoms with Crippen LogP contribution in [0.3, 0.4) is 0 Å². The van der Waals surface area contributed by atoms with Gasteiger partial charge in [-0.2, -0.15) is 4.68 Å². The van der Waals surface area contributed by atoms with Crippen LogP contribution in [0.5, 0.6) is 11.8 Å². The van der Waals surface area contributed by atoms with E-state index in [0.29, 0.717) is 6.61 Å². The molecule has 192 valence electrons. The van der Waals surface area contributed by atoms with Crippen molar-refractivity contribution in [2.24, 2.45) is 0 Å². The van der Waals surface area contributed by atoms with Gasteiger partial charge in [-0.05, 0) is 18.6 Å². The number of hydrogen-bond donors (Lipinski definition) is 0. The van der Waals surface area contributed by atoms with E-state index in [9.17, 15) is 18.0 Å². The van der Waals surface area contributed by atoms with Gasteiger partial charge in [0.1, 0.15) is 5.75 Å². The fourth-order valence-corrected chi connectivity index (χ4v) is 3.75. The summed E-state index contributed by atoms with van der Waals surface area (Å²) in [5, 5.41) is 3.90. The normalized spacial score (nSPS) is 11.6. The number of aromatic nitrogens is 2. The number of rotatable bonds is 18. The van der Waals surface area contributed by atoms with Gasteiger partial charge < -0.3 is 13.9 Å². The molecule has 1 aromatic heterocycles. The van der Waals surface area contributed by atoms with Gasteiger partial charge in [0.25, 0.3) is 0 Å². The zero-order chi connectivity index (χ0) is 24.7. The lowest BCUT2D eigenvalue weighted by Crippen LogP contribution is -2.18. The molecule has 0 aliphatic heterocycles. The maximum atomic E-state index is 12.4. The molecule has 0 atom stereocenters. The highest BCUT2D eigenvalue weighted by atomic mass is 19.4. The topological polar surface area (TPSA) is 66.5 Å². The van der Waals surface area contributed by atoms with Gasteiger partial charge in [0.2, 0.25) is 0 Å². The Bertz CT molecular complexity index is 864. The van der Waals surface area contributed by atoms with Crippen molar-refractivity contribution in [1.29, 1.82) is 0 Å². The van der Waals surface area contributed by atoms with Crippen LogP contribution in [0, 0.1) is 0 Å². The Morgan fingerprint density at radius 3 is 2.00 bits per heavy atom. The second kappa shape index (κ2) is 15.5. The molecule has 2 aromatic rings. The average molecular weight is 487 g/mol. The fraction of sp³-hybridized carbons (Fsp3) is 0.680. The number of halogens is 3. The Hall–Kier alpha value is -2.45. The van der Waals surface area contributed by atoms with E-state index in [1.807, 2.05) is 0 Å². The van der Waals surface area contributed by atoms with Crippen LogP contribution < -0.4 is 15.2 Å². The zero-order valence-electron chi connectivity index (χ0n) is 20.1. The van der Waals surface area contributed by atoms with E-state index in [0.717, 1.165) is 36.1 Å². The molecule has 0 amide bonds. The largest absolute Gasteiger partial charge is 0.573 e. The van der Waals surface area contributed by atoms with Crippen molar-refractivity contribution in [3.8, 4) is 17.5 Å². The molecule has 0 N–H and O–H groups in total. The van der Waals surface area contributed by atoms with E-state index in [1.165, 1.54) is 82.8 Å². The van der Waals surface area contributed by atoms with Crippen LogP contribution >= 0.6 is 0 Å². The predicted molar refractivity (Wildman–Crippen MR) is 125 cm³/mol. The standard InChI is InChI=1S/C25H37F3N2O4/c1-2-3-4-5-6-7-8-9-10-11-12-13-14-15-19-32-23-29-30(24(31)33-23)21-17-16-18-22(20-21)34-25(26,27)28/h16-18,20H,2-15,19H2,1H3. The number of ether oxygens (including phenoxy) is 2. The van der Waals surface area contributed by atoms with E-state index < -0.39 is 17.9 Å². The Balaban J connectivity index is 1.56. The molecule has 0 spiro atoms. The van der Waals surface area contributed by atoms with Crippen molar-refractivity contribution in [3.05, 3.63) is 34.8 Å². The second-order valence-electron chi connectivity index (χ2n) is 8.54. The highest BCUT2D eigenvalue weighted by Gasteiger charge is 2.31. The van der Waals surface area contributed by atoms with E-state index in [-0.39, 0.29) is 11.8 Å². The third-order valence-electron chi connectivity index (χ3n) is 5.55. The summed E-state index contributed by atoms with van der Waals surface area (Å²) >= 11 is 0. The maximum Gasteiger partial charge on any atom is 0.573 e. The lowest BCUT2D eigenvalue weighted by atomic mass is 10.0. The van der Waals surface area contributed by atoms with Crippen LogP contribution in [-0.2, 0) is 0 Å². The van der Waals surface area contributed by atoms with Crippen molar-refractivity contribution in [1.82, 2.24) is 9.78 Å². The minimum Gasteiger partial charge on any atom is -0.449 e. The van der Waals surface area contributed by atoms with Gasteiger partial charge in [-0.25, -0.2) is 4.79 Å². The minimum absolute atomic E-state index is 0.0850. The summed E-state index contributed by atoms with van der Waals surface area (Å²) in [5.41, 5.74) is 0.0850. The molecule has 34 heavy (non-hydrogen) atoms. The Labute approximate surface area is 199 Å². The minimum atomic E-state index is -4.82. The van der Waals surface area contributed by atoms with Gasteiger partial charge in [-0.3, -0.25) is 0 Å². The van der Waals surface area contributed by atoms with Crippen molar-refractivity contribution >= 4 is 0 Å². The van der Waals surface area contributed by atoms with Gasteiger partial charge in [-0.15, -0.1) is 13.2 Å². The molecular formula is C25H37F3N2O4. The summed E-state index contributed by atoms with van der Waals surface area (Å²) in [6.45, 7) is 2.60. The molecule has 0 saturated carbocycles. The summed E-state index contributed by atoms with van der Waals surface area (Å²) < 4.78 is 52.2.